The Bertz CT molecular complexity index is 6900. The number of unbranched alkanes of at least 4 members (excludes halogenated alkanes) is 5. The van der Waals surface area contributed by atoms with Crippen molar-refractivity contribution in [2.24, 2.45) is 0 Å². The highest BCUT2D eigenvalue weighted by Gasteiger charge is 2.24. The fourth-order valence-electron chi connectivity index (χ4n) is 15.9. The topological polar surface area (TPSA) is 344 Å². The fourth-order valence-corrected chi connectivity index (χ4v) is 15.9. The van der Waals surface area contributed by atoms with E-state index >= 15 is 0 Å². The minimum absolute atomic E-state index is 0.00957. The highest BCUT2D eigenvalue weighted by Crippen LogP contribution is 2.41. The first-order valence-corrected chi connectivity index (χ1v) is 46.6. The number of hydrogen-bond donors (Lipinski definition) is 8. The summed E-state index contributed by atoms with van der Waals surface area (Å²) in [6.45, 7) is 19.5. The summed E-state index contributed by atoms with van der Waals surface area (Å²) in [7, 11) is 0. The maximum atomic E-state index is 11.0. The number of phenols is 6. The number of hydrogen-bond acceptors (Lipinski definition) is 23. The van der Waals surface area contributed by atoms with Crippen LogP contribution in [0.2, 0.25) is 0 Å². The highest BCUT2D eigenvalue weighted by molar-refractivity contribution is 5.79. The number of aliphatic hydroxyl groups excluding tert-OH is 2. The molecule has 0 bridgehead atoms. The van der Waals surface area contributed by atoms with Crippen LogP contribution in [0.4, 0.5) is 0 Å². The maximum absolute atomic E-state index is 11.0. The van der Waals surface area contributed by atoms with E-state index in [-0.39, 0.29) is 60.9 Å². The molecule has 0 aliphatic rings. The van der Waals surface area contributed by atoms with Crippen LogP contribution in [0.1, 0.15) is 90.0 Å². The second-order valence-electron chi connectivity index (χ2n) is 34.3. The fraction of sp³-hybridized carbons (Fsp3) is 0.179. The molecule has 0 radical (unpaired) electrons. The zero-order valence-corrected chi connectivity index (χ0v) is 79.5. The first kappa shape index (κ1) is 97.9. The van der Waals surface area contributed by atoms with Gasteiger partial charge in [0.25, 0.3) is 0 Å². The number of nitrogens with zero attached hydrogens (tertiary/aromatic N) is 12. The number of aliphatic hydroxyl groups is 2. The van der Waals surface area contributed by atoms with Crippen LogP contribution >= 0.6 is 0 Å². The van der Waals surface area contributed by atoms with Crippen molar-refractivity contribution in [1.82, 2.24) is 59.8 Å². The molecule has 0 saturated heterocycles. The summed E-state index contributed by atoms with van der Waals surface area (Å²) in [6.07, 6.45) is 6.42. The van der Waals surface area contributed by atoms with Crippen LogP contribution in [0.5, 0.6) is 46.0 Å². The van der Waals surface area contributed by atoms with E-state index < -0.39 is 6.10 Å². The standard InChI is InChI=1S/C36H45N3O4.C33H23N3O2.C25H23N3O2.C23H19N3O3/c1-6-7-8-9-10-11-18-42-22-28(40)23-43-29-14-17-32(33(41)21-29)36-38-34(30-15-12-24(2)19-26(30)4)37-35(39-36)31-16-13-25(3)20-27(31)5;37-28-19-20-29(30(38)21-28)33-35-31(26-15-11-24(12-16-26)22-7-3-1-4-8-22)34-32(36-33)27-17-13-25(14-18-27)23-9-5-2-6-10-23;1-14-5-8-19(16(3)11-14)23-26-24(20-9-6-15(2)12-17(20)4)28-25(27-23)21-10-7-18(29)13-22(21)30;27-13-14-29-18-11-12-19(20(28)15-18)23-25-21(16-7-3-1-4-8-16)24-22(26-23)17-9-5-2-6-10-17/h12-17,19-21,28,40-41H,6-11,18,22-23H2,1-5H3;1-21,37-38H;5-13,29-30H,1-4H3;1-12,15,27-28H,13-14H2. The molecule has 14 aromatic carbocycles. The van der Waals surface area contributed by atoms with Crippen molar-refractivity contribution in [3.05, 3.63) is 360 Å². The summed E-state index contributed by atoms with van der Waals surface area (Å²) in [5, 5.41) is 81.1. The largest absolute Gasteiger partial charge is 0.508 e. The van der Waals surface area contributed by atoms with Crippen LogP contribution in [0.3, 0.4) is 0 Å². The lowest BCUT2D eigenvalue weighted by Crippen LogP contribution is -2.23. The molecule has 4 heterocycles. The minimum atomic E-state index is -0.758. The Morgan fingerprint density at radius 2 is 0.493 bits per heavy atom. The van der Waals surface area contributed by atoms with Crippen molar-refractivity contribution >= 4 is 0 Å². The third kappa shape index (κ3) is 25.6. The average molecular weight is 1860 g/mol. The molecule has 0 saturated carbocycles. The Morgan fingerprint density at radius 1 is 0.236 bits per heavy atom. The van der Waals surface area contributed by atoms with Gasteiger partial charge in [0.05, 0.1) is 35.5 Å². The second kappa shape index (κ2) is 46.8. The van der Waals surface area contributed by atoms with E-state index in [4.69, 9.17) is 54.2 Å². The van der Waals surface area contributed by atoms with E-state index in [0.29, 0.717) is 110 Å². The second-order valence-corrected chi connectivity index (χ2v) is 34.3. The predicted octanol–water partition coefficient (Wildman–Crippen LogP) is 25.0. The van der Waals surface area contributed by atoms with Crippen LogP contribution in [0, 0.1) is 55.4 Å². The number of rotatable bonds is 29. The molecule has 23 heteroatoms. The summed E-state index contributed by atoms with van der Waals surface area (Å²) in [5.74, 6) is 6.23. The summed E-state index contributed by atoms with van der Waals surface area (Å²) in [5.41, 5.74) is 22.1. The van der Waals surface area contributed by atoms with Crippen LogP contribution in [0.25, 0.3) is 159 Å². The molecule has 140 heavy (non-hydrogen) atoms. The number of aromatic nitrogens is 12. The number of phenolic OH excluding ortho intramolecular Hbond substituents is 6. The number of ether oxygens (including phenoxy) is 3. The van der Waals surface area contributed by atoms with Gasteiger partial charge in [-0.1, -0.05) is 304 Å². The van der Waals surface area contributed by atoms with Gasteiger partial charge in [-0.15, -0.1) is 0 Å². The first-order chi connectivity index (χ1) is 67.9. The van der Waals surface area contributed by atoms with E-state index in [9.17, 15) is 35.7 Å². The van der Waals surface area contributed by atoms with Gasteiger partial charge in [-0.25, -0.2) is 59.8 Å². The van der Waals surface area contributed by atoms with Gasteiger partial charge in [-0.05, 0) is 155 Å². The smallest absolute Gasteiger partial charge is 0.167 e. The quantitative estimate of drug-likeness (QED) is 0.0202. The molecule has 0 aliphatic heterocycles. The Balaban J connectivity index is 0.000000143. The first-order valence-electron chi connectivity index (χ1n) is 46.6. The molecule has 4 aromatic heterocycles. The van der Waals surface area contributed by atoms with E-state index in [1.54, 1.807) is 36.4 Å². The van der Waals surface area contributed by atoms with Gasteiger partial charge in [0, 0.05) is 75.4 Å². The van der Waals surface area contributed by atoms with Crippen LogP contribution in [-0.4, -0.2) is 140 Å². The van der Waals surface area contributed by atoms with Crippen molar-refractivity contribution < 1.29 is 55.1 Å². The lowest BCUT2D eigenvalue weighted by atomic mass is 10.0. The molecule has 18 aromatic rings. The monoisotopic (exact) mass is 1860 g/mol. The van der Waals surface area contributed by atoms with Crippen molar-refractivity contribution in [3.63, 3.8) is 0 Å². The number of benzene rings is 14. The van der Waals surface area contributed by atoms with E-state index in [1.165, 1.54) is 62.1 Å². The Hall–Kier alpha value is -16.6. The number of aromatic hydroxyl groups is 6. The van der Waals surface area contributed by atoms with E-state index in [2.05, 4.69) is 94.2 Å². The zero-order chi connectivity index (χ0) is 98.1. The molecule has 1 atom stereocenters. The van der Waals surface area contributed by atoms with Gasteiger partial charge in [0.1, 0.15) is 65.3 Å². The molecule has 0 amide bonds. The molecule has 704 valence electrons. The van der Waals surface area contributed by atoms with Gasteiger partial charge in [-0.3, -0.25) is 0 Å². The van der Waals surface area contributed by atoms with Gasteiger partial charge in [0.15, 0.2) is 69.9 Å². The highest BCUT2D eigenvalue weighted by atomic mass is 16.5. The van der Waals surface area contributed by atoms with Crippen molar-refractivity contribution in [2.45, 2.75) is 107 Å². The zero-order valence-electron chi connectivity index (χ0n) is 79.5. The molecule has 0 spiro atoms. The Labute approximate surface area is 814 Å². The lowest BCUT2D eigenvalue weighted by Gasteiger charge is -2.14. The third-order valence-electron chi connectivity index (χ3n) is 23.2. The molecule has 0 aliphatic carbocycles. The molecule has 1 unspecified atom stereocenters. The summed E-state index contributed by atoms with van der Waals surface area (Å²) >= 11 is 0. The SMILES string of the molecule is CCCCCCCCOCC(O)COc1ccc(-c2nc(-c3ccc(C)cc3C)nc(-c3ccc(C)cc3C)n2)c(O)c1.Cc1ccc(-c2nc(-c3ccc(C)cc3C)nc(-c3ccc(O)cc3O)n2)c(C)c1.OCCOc1ccc(-c2nc(-c3ccccc3)nc(-c3ccccc3)n2)c(O)c1.Oc1ccc(-c2nc(-c3ccc(-c4ccccc4)cc3)nc(-c3ccc(-c4ccccc4)cc3)n2)c(O)c1. The predicted molar refractivity (Wildman–Crippen MR) is 552 cm³/mol. The van der Waals surface area contributed by atoms with Gasteiger partial charge in [0.2, 0.25) is 0 Å². The van der Waals surface area contributed by atoms with Crippen LogP contribution < -0.4 is 9.47 Å². The molecule has 23 nitrogen and oxygen atoms in total. The average Bonchev–Trinajstić information content (AvgIpc) is 0.740. The molecule has 8 N–H and O–H groups in total. The maximum Gasteiger partial charge on any atom is 0.167 e. The molecule has 0 fully saturated rings. The van der Waals surface area contributed by atoms with E-state index in [1.807, 2.05) is 236 Å². The van der Waals surface area contributed by atoms with Crippen LogP contribution in [0.15, 0.2) is 315 Å². The van der Waals surface area contributed by atoms with Crippen molar-refractivity contribution in [3.8, 4) is 205 Å². The van der Waals surface area contributed by atoms with Crippen molar-refractivity contribution in [2.75, 3.05) is 33.0 Å². The minimum Gasteiger partial charge on any atom is -0.508 e. The molecular formula is C117H110N12O11. The van der Waals surface area contributed by atoms with E-state index in [0.717, 1.165) is 124 Å². The molecular weight excluding hydrogens is 1750 g/mol. The summed E-state index contributed by atoms with van der Waals surface area (Å²) < 4.78 is 16.7. The van der Waals surface area contributed by atoms with Gasteiger partial charge >= 0.3 is 0 Å². The lowest BCUT2D eigenvalue weighted by molar-refractivity contribution is 0.0109. The Kier molecular flexibility index (Phi) is 32.7. The normalized spacial score (nSPS) is 11.2. The van der Waals surface area contributed by atoms with Crippen LogP contribution in [-0.2, 0) is 4.74 Å². The van der Waals surface area contributed by atoms with Gasteiger partial charge < -0.3 is 55.1 Å². The summed E-state index contributed by atoms with van der Waals surface area (Å²) in [4.78, 5) is 56.5. The number of aryl methyl sites for hydroxylation is 8. The summed E-state index contributed by atoms with van der Waals surface area (Å²) in [6, 6.07) is 99.0. The van der Waals surface area contributed by atoms with Gasteiger partial charge in [-0.2, -0.15) is 0 Å². The van der Waals surface area contributed by atoms with Crippen molar-refractivity contribution in [1.29, 1.82) is 0 Å². The Morgan fingerprint density at radius 3 is 0.807 bits per heavy atom. The third-order valence-corrected chi connectivity index (χ3v) is 23.2. The molecule has 18 rings (SSSR count).